The summed E-state index contributed by atoms with van der Waals surface area (Å²) in [6.45, 7) is 14.5. The number of rotatable bonds is 7. The molecule has 0 bridgehead atoms. The van der Waals surface area contributed by atoms with E-state index >= 15 is 4.39 Å². The zero-order chi connectivity index (χ0) is 34.4. The summed E-state index contributed by atoms with van der Waals surface area (Å²) in [5.41, 5.74) is 5.01. The minimum atomic E-state index is -0.683. The first-order chi connectivity index (χ1) is 23.6. The van der Waals surface area contributed by atoms with Gasteiger partial charge in [0.2, 0.25) is 0 Å². The van der Waals surface area contributed by atoms with Crippen molar-refractivity contribution in [1.82, 2.24) is 14.9 Å². The molecule has 49 heavy (non-hydrogen) atoms. The topological polar surface area (TPSA) is 104 Å². The predicted molar refractivity (Wildman–Crippen MR) is 193 cm³/mol. The van der Waals surface area contributed by atoms with Crippen LogP contribution in [0.15, 0.2) is 35.3 Å². The van der Waals surface area contributed by atoms with Crippen molar-refractivity contribution in [3.8, 4) is 11.8 Å². The molecule has 2 aromatic carbocycles. The number of anilines is 1. The van der Waals surface area contributed by atoms with Gasteiger partial charge in [-0.2, -0.15) is 9.97 Å². The van der Waals surface area contributed by atoms with Gasteiger partial charge in [-0.25, -0.2) is 4.39 Å². The lowest BCUT2D eigenvalue weighted by molar-refractivity contribution is 0.0597. The minimum absolute atomic E-state index is 0.0147. The van der Waals surface area contributed by atoms with Gasteiger partial charge in [-0.15, -0.1) is 0 Å². The van der Waals surface area contributed by atoms with E-state index in [1.165, 1.54) is 6.07 Å². The Morgan fingerprint density at radius 1 is 1.20 bits per heavy atom. The molecule has 3 atom stereocenters. The van der Waals surface area contributed by atoms with Crippen LogP contribution in [0.25, 0.3) is 28.0 Å². The number of hydrogen-bond donors (Lipinski definition) is 2. The average molecular weight is 670 g/mol. The molecule has 3 aromatic rings. The van der Waals surface area contributed by atoms with Gasteiger partial charge in [-0.1, -0.05) is 26.0 Å². The Morgan fingerprint density at radius 2 is 2.04 bits per heavy atom. The van der Waals surface area contributed by atoms with Crippen molar-refractivity contribution in [3.05, 3.63) is 58.5 Å². The average Bonchev–Trinajstić information content (AvgIpc) is 3.50. The van der Waals surface area contributed by atoms with E-state index in [1.807, 2.05) is 39.8 Å². The zero-order valence-electron chi connectivity index (χ0n) is 29.3. The number of aromatic nitrogens is 2. The van der Waals surface area contributed by atoms with Gasteiger partial charge < -0.3 is 24.6 Å². The summed E-state index contributed by atoms with van der Waals surface area (Å²) in [6.07, 6.45) is 7.15. The van der Waals surface area contributed by atoms with Crippen LogP contribution in [0.5, 0.6) is 11.8 Å². The minimum Gasteiger partial charge on any atom is -0.508 e. The molecule has 260 valence electrons. The van der Waals surface area contributed by atoms with Crippen LogP contribution in [0.2, 0.25) is 0 Å². The van der Waals surface area contributed by atoms with Crippen molar-refractivity contribution in [2.75, 3.05) is 50.9 Å². The molecule has 1 aromatic heterocycles. The van der Waals surface area contributed by atoms with Crippen molar-refractivity contribution >= 4 is 39.5 Å². The molecule has 0 amide bonds. The molecule has 7 rings (SSSR count). The summed E-state index contributed by atoms with van der Waals surface area (Å²) >= 11 is 0. The standard InChI is InChI=1S/C39H48FN5O4/c1-6-28-32(40)10-9-25-15-26(46)16-30(34(25)28)31-17-33-35(29(7-2)36(31)41-23(3)4)37(44-13-14-48-21-27(47)20-44)43-38(42-33)49-22-39-11-8-12-45(39)19-24(5)18-39/h7,9-10,15-17,23-24,27,46-47H,6,8,11-14,18-22H2,1-5H3/b29-7-,41-36?. The fourth-order valence-corrected chi connectivity index (χ4v) is 8.52. The third-order valence-corrected chi connectivity index (χ3v) is 10.4. The smallest absolute Gasteiger partial charge is 0.319 e. The van der Waals surface area contributed by atoms with E-state index in [-0.39, 0.29) is 35.8 Å². The molecule has 3 aliphatic heterocycles. The highest BCUT2D eigenvalue weighted by atomic mass is 19.1. The summed E-state index contributed by atoms with van der Waals surface area (Å²) in [5, 5.41) is 23.3. The molecule has 4 heterocycles. The number of halogens is 1. The van der Waals surface area contributed by atoms with Gasteiger partial charge in [0.05, 0.1) is 41.8 Å². The monoisotopic (exact) mass is 669 g/mol. The molecule has 10 heteroatoms. The van der Waals surface area contributed by atoms with Gasteiger partial charge in [-0.05, 0) is 105 Å². The zero-order valence-corrected chi connectivity index (χ0v) is 29.3. The molecule has 3 fully saturated rings. The van der Waals surface area contributed by atoms with Crippen LogP contribution >= 0.6 is 0 Å². The number of phenols is 1. The lowest BCUT2D eigenvalue weighted by atomic mass is 9.82. The lowest BCUT2D eigenvalue weighted by Crippen LogP contribution is -2.43. The first-order valence-corrected chi connectivity index (χ1v) is 17.8. The molecule has 0 saturated carbocycles. The number of nitrogens with zero attached hydrogens (tertiary/aromatic N) is 5. The Kier molecular flexibility index (Phi) is 9.23. The summed E-state index contributed by atoms with van der Waals surface area (Å²) in [5.74, 6) is 1.08. The second-order valence-corrected chi connectivity index (χ2v) is 14.4. The van der Waals surface area contributed by atoms with Crippen LogP contribution in [-0.4, -0.2) is 94.5 Å². The number of aromatic hydroxyl groups is 1. The summed E-state index contributed by atoms with van der Waals surface area (Å²) in [7, 11) is 0. The van der Waals surface area contributed by atoms with Gasteiger partial charge in [0.25, 0.3) is 0 Å². The van der Waals surface area contributed by atoms with Gasteiger partial charge in [0, 0.05) is 36.8 Å². The maximum atomic E-state index is 15.4. The molecule has 2 N–H and O–H groups in total. The number of aryl methyl sites for hydroxylation is 1. The van der Waals surface area contributed by atoms with E-state index in [0.717, 1.165) is 59.8 Å². The summed E-state index contributed by atoms with van der Waals surface area (Å²) in [6, 6.07) is 6.79. The van der Waals surface area contributed by atoms with Crippen molar-refractivity contribution in [2.45, 2.75) is 78.0 Å². The van der Waals surface area contributed by atoms with E-state index < -0.39 is 6.10 Å². The SMILES string of the molecule is C/C=C1\C(=NC(C)C)C(c2cc(O)cc3ccc(F)c(CC)c23)=Cc2nc(OCC34CCCN3CC(C)C4)nc(N3CCOCC(O)C3)c21. The normalized spacial score (nSPS) is 26.0. The number of allylic oxidation sites excluding steroid dienone is 3. The summed E-state index contributed by atoms with van der Waals surface area (Å²) < 4.78 is 27.7. The number of aliphatic hydroxyl groups excluding tert-OH is 1. The Bertz CT molecular complexity index is 1850. The van der Waals surface area contributed by atoms with Gasteiger partial charge >= 0.3 is 6.01 Å². The van der Waals surface area contributed by atoms with Crippen LogP contribution < -0.4 is 9.64 Å². The number of hydrogen-bond acceptors (Lipinski definition) is 9. The largest absolute Gasteiger partial charge is 0.508 e. The van der Waals surface area contributed by atoms with Crippen LogP contribution in [0.1, 0.15) is 76.3 Å². The number of phenolic OH excluding ortho intramolecular Hbond substituents is 1. The third kappa shape index (κ3) is 6.23. The van der Waals surface area contributed by atoms with Crippen LogP contribution in [-0.2, 0) is 11.2 Å². The second kappa shape index (κ2) is 13.5. The molecule has 9 nitrogen and oxygen atoms in total. The van der Waals surface area contributed by atoms with E-state index in [2.05, 4.69) is 16.7 Å². The molecule has 3 saturated heterocycles. The van der Waals surface area contributed by atoms with Crippen LogP contribution in [0.3, 0.4) is 0 Å². The molecule has 0 radical (unpaired) electrons. The first-order valence-electron chi connectivity index (χ1n) is 17.8. The first kappa shape index (κ1) is 33.6. The molecule has 3 unspecified atom stereocenters. The van der Waals surface area contributed by atoms with E-state index in [9.17, 15) is 10.2 Å². The van der Waals surface area contributed by atoms with Crippen molar-refractivity contribution in [2.24, 2.45) is 10.9 Å². The maximum Gasteiger partial charge on any atom is 0.319 e. The number of benzene rings is 2. The van der Waals surface area contributed by atoms with Gasteiger partial charge in [0.1, 0.15) is 24.0 Å². The van der Waals surface area contributed by atoms with Gasteiger partial charge in [0.15, 0.2) is 0 Å². The lowest BCUT2D eigenvalue weighted by Gasteiger charge is -2.32. The van der Waals surface area contributed by atoms with Crippen LogP contribution in [0.4, 0.5) is 10.2 Å². The predicted octanol–water partition coefficient (Wildman–Crippen LogP) is 6.29. The van der Waals surface area contributed by atoms with Crippen molar-refractivity contribution < 1.29 is 24.1 Å². The Hall–Kier alpha value is -3.86. The van der Waals surface area contributed by atoms with Crippen molar-refractivity contribution in [3.63, 3.8) is 0 Å². The Balaban J connectivity index is 1.45. The highest BCUT2D eigenvalue weighted by Gasteiger charge is 2.48. The highest BCUT2D eigenvalue weighted by Crippen LogP contribution is 2.45. The number of β-amino-alcohol motifs (C(OH)–C–C–N with tert-alkyl or cyclic N) is 1. The maximum absolute atomic E-state index is 15.4. The third-order valence-electron chi connectivity index (χ3n) is 10.4. The Morgan fingerprint density at radius 3 is 2.82 bits per heavy atom. The van der Waals surface area contributed by atoms with E-state index in [4.69, 9.17) is 24.4 Å². The Labute approximate surface area is 288 Å². The van der Waals surface area contributed by atoms with Gasteiger partial charge in [-0.3, -0.25) is 9.89 Å². The summed E-state index contributed by atoms with van der Waals surface area (Å²) in [4.78, 5) is 19.9. The second-order valence-electron chi connectivity index (χ2n) is 14.4. The number of ether oxygens (including phenoxy) is 2. The van der Waals surface area contributed by atoms with Crippen molar-refractivity contribution in [1.29, 1.82) is 0 Å². The fraction of sp³-hybridized carbons (Fsp3) is 0.513. The van der Waals surface area contributed by atoms with Crippen LogP contribution in [0, 0.1) is 11.7 Å². The molecule has 0 spiro atoms. The number of aliphatic hydroxyl groups is 1. The fourth-order valence-electron chi connectivity index (χ4n) is 8.52. The number of aliphatic imine (C=N–C) groups is 1. The number of fused-ring (bicyclic) bond motifs is 3. The molecular weight excluding hydrogens is 621 g/mol. The quantitative estimate of drug-likeness (QED) is 0.303. The molecule has 4 aliphatic rings. The molecule has 1 aliphatic carbocycles. The molecular formula is C39H48FN5O4. The highest BCUT2D eigenvalue weighted by molar-refractivity contribution is 6.50. The van der Waals surface area contributed by atoms with E-state index in [1.54, 1.807) is 18.2 Å². The van der Waals surface area contributed by atoms with E-state index in [0.29, 0.717) is 67.0 Å².